The molecule has 2 amide bonds. The summed E-state index contributed by atoms with van der Waals surface area (Å²) in [5, 5.41) is 14.9. The number of nitrogens with zero attached hydrogens (tertiary/aromatic N) is 3. The van der Waals surface area contributed by atoms with Gasteiger partial charge in [0.2, 0.25) is 5.75 Å². The molecule has 23 heavy (non-hydrogen) atoms. The van der Waals surface area contributed by atoms with Crippen LogP contribution in [-0.4, -0.2) is 30.3 Å². The highest BCUT2D eigenvalue weighted by molar-refractivity contribution is 5.99. The Morgan fingerprint density at radius 1 is 1.30 bits per heavy atom. The molecule has 0 fully saturated rings. The summed E-state index contributed by atoms with van der Waals surface area (Å²) < 4.78 is 15.0. The van der Waals surface area contributed by atoms with Crippen LogP contribution in [0, 0.1) is 17.0 Å². The van der Waals surface area contributed by atoms with Crippen LogP contribution in [0.25, 0.3) is 0 Å². The van der Waals surface area contributed by atoms with Crippen molar-refractivity contribution in [3.05, 3.63) is 34.1 Å². The molecule has 1 aromatic carbocycles. The number of benzene rings is 1. The number of rotatable bonds is 5. The molecule has 0 aliphatic carbocycles. The second-order valence-electron chi connectivity index (χ2n) is 4.42. The maximum absolute atomic E-state index is 11.8. The third-order valence-corrected chi connectivity index (χ3v) is 2.98. The molecule has 2 rings (SSSR count). The lowest BCUT2D eigenvalue weighted by Crippen LogP contribution is -2.32. The number of nitrogens with two attached hydrogens (primary N) is 1. The Kier molecular flexibility index (Phi) is 4.35. The molecule has 122 valence electrons. The summed E-state index contributed by atoms with van der Waals surface area (Å²) in [6.45, 7) is 1.63. The molecule has 1 heterocycles. The lowest BCUT2D eigenvalue weighted by Gasteiger charge is -2.20. The first kappa shape index (κ1) is 16.1. The van der Waals surface area contributed by atoms with E-state index >= 15 is 0 Å². The number of hydrogen-bond acceptors (Lipinski definition) is 7. The van der Waals surface area contributed by atoms with Crippen LogP contribution in [0.3, 0.4) is 0 Å². The number of aryl methyl sites for hydroxylation is 1. The molecular weight excluding hydrogens is 308 g/mol. The van der Waals surface area contributed by atoms with Gasteiger partial charge < -0.3 is 19.7 Å². The smallest absolute Gasteiger partial charge is 0.325 e. The first-order valence-corrected chi connectivity index (χ1v) is 6.32. The predicted octanol–water partition coefficient (Wildman–Crippen LogP) is 2.13. The molecule has 10 nitrogen and oxygen atoms in total. The minimum atomic E-state index is -0.906. The molecule has 0 saturated carbocycles. The van der Waals surface area contributed by atoms with Crippen LogP contribution in [-0.2, 0) is 0 Å². The van der Waals surface area contributed by atoms with Crippen LogP contribution in [0.2, 0.25) is 0 Å². The van der Waals surface area contributed by atoms with E-state index in [0.29, 0.717) is 5.76 Å². The van der Waals surface area contributed by atoms with E-state index < -0.39 is 11.0 Å². The second-order valence-corrected chi connectivity index (χ2v) is 4.42. The first-order valence-electron chi connectivity index (χ1n) is 6.32. The van der Waals surface area contributed by atoms with Gasteiger partial charge in [-0.1, -0.05) is 5.16 Å². The van der Waals surface area contributed by atoms with E-state index in [1.165, 1.54) is 26.4 Å². The molecule has 0 saturated heterocycles. The Morgan fingerprint density at radius 2 is 1.96 bits per heavy atom. The number of methoxy groups -OCH3 is 2. The van der Waals surface area contributed by atoms with Crippen molar-refractivity contribution >= 4 is 23.2 Å². The fourth-order valence-corrected chi connectivity index (χ4v) is 2.00. The van der Waals surface area contributed by atoms with E-state index in [4.69, 9.17) is 19.7 Å². The molecule has 2 N–H and O–H groups in total. The zero-order chi connectivity index (χ0) is 17.1. The molecule has 0 atom stereocenters. The lowest BCUT2D eigenvalue weighted by molar-refractivity contribution is -0.385. The van der Waals surface area contributed by atoms with Gasteiger partial charge in [-0.2, -0.15) is 0 Å². The minimum Gasteiger partial charge on any atom is -0.494 e. The van der Waals surface area contributed by atoms with Gasteiger partial charge in [0, 0.05) is 18.2 Å². The van der Waals surface area contributed by atoms with Crippen molar-refractivity contribution in [3.8, 4) is 11.5 Å². The lowest BCUT2D eigenvalue weighted by atomic mass is 10.2. The van der Waals surface area contributed by atoms with Gasteiger partial charge in [-0.15, -0.1) is 0 Å². The van der Waals surface area contributed by atoms with E-state index in [1.54, 1.807) is 6.92 Å². The summed E-state index contributed by atoms with van der Waals surface area (Å²) >= 11 is 0. The van der Waals surface area contributed by atoms with Gasteiger partial charge in [0.1, 0.15) is 17.2 Å². The largest absolute Gasteiger partial charge is 0.494 e. The zero-order valence-electron chi connectivity index (χ0n) is 12.6. The van der Waals surface area contributed by atoms with Crippen LogP contribution in [0.15, 0.2) is 22.7 Å². The van der Waals surface area contributed by atoms with Crippen molar-refractivity contribution in [2.45, 2.75) is 6.92 Å². The number of nitro benzene ring substituents is 1. The van der Waals surface area contributed by atoms with Gasteiger partial charge in [0.25, 0.3) is 0 Å². The van der Waals surface area contributed by atoms with Gasteiger partial charge in [0.15, 0.2) is 5.82 Å². The first-order chi connectivity index (χ1) is 10.9. The van der Waals surface area contributed by atoms with Crippen molar-refractivity contribution in [1.29, 1.82) is 0 Å². The fraction of sp³-hybridized carbons (Fsp3) is 0.231. The van der Waals surface area contributed by atoms with Crippen molar-refractivity contribution in [2.75, 3.05) is 19.1 Å². The van der Waals surface area contributed by atoms with Crippen molar-refractivity contribution in [3.63, 3.8) is 0 Å². The van der Waals surface area contributed by atoms with Crippen LogP contribution < -0.4 is 20.1 Å². The Balaban J connectivity index is 2.69. The third-order valence-electron chi connectivity index (χ3n) is 2.98. The van der Waals surface area contributed by atoms with Gasteiger partial charge in [-0.25, -0.2) is 9.69 Å². The molecule has 0 aliphatic rings. The number of nitro groups is 1. The number of carbonyl (C=O) groups excluding carboxylic acids is 1. The average molecular weight is 322 g/mol. The Hall–Kier alpha value is -3.30. The molecular formula is C13H14N4O6. The van der Waals surface area contributed by atoms with Gasteiger partial charge >= 0.3 is 11.7 Å². The summed E-state index contributed by atoms with van der Waals surface area (Å²) in [5.41, 5.74) is 5.07. The summed E-state index contributed by atoms with van der Waals surface area (Å²) in [4.78, 5) is 23.3. The monoisotopic (exact) mass is 322 g/mol. The maximum Gasteiger partial charge on any atom is 0.325 e. The highest BCUT2D eigenvalue weighted by Crippen LogP contribution is 2.41. The summed E-state index contributed by atoms with van der Waals surface area (Å²) in [6, 6.07) is 2.96. The molecule has 1 aromatic heterocycles. The number of aromatic nitrogens is 1. The summed E-state index contributed by atoms with van der Waals surface area (Å²) in [6.07, 6.45) is 0. The number of anilines is 2. The SMILES string of the molecule is COc1cc(OC)c([N+](=O)[O-])cc1N(C(N)=O)c1cc(C)on1. The molecule has 0 radical (unpaired) electrons. The quantitative estimate of drug-likeness (QED) is 0.658. The van der Waals surface area contributed by atoms with Crippen molar-refractivity contribution in [2.24, 2.45) is 5.73 Å². The fourth-order valence-electron chi connectivity index (χ4n) is 2.00. The number of ether oxygens (including phenoxy) is 2. The van der Waals surface area contributed by atoms with Gasteiger partial charge in [-0.05, 0) is 6.92 Å². The topological polar surface area (TPSA) is 134 Å². The van der Waals surface area contributed by atoms with Crippen molar-refractivity contribution in [1.82, 2.24) is 5.16 Å². The minimum absolute atomic E-state index is 0.0173. The Labute approximate surface area is 130 Å². The number of amides is 2. The molecule has 10 heteroatoms. The highest BCUT2D eigenvalue weighted by Gasteiger charge is 2.27. The van der Waals surface area contributed by atoms with Crippen LogP contribution >= 0.6 is 0 Å². The molecule has 0 aliphatic heterocycles. The number of hydrogen-bond donors (Lipinski definition) is 1. The number of primary amides is 1. The van der Waals surface area contributed by atoms with Crippen LogP contribution in [0.5, 0.6) is 11.5 Å². The zero-order valence-corrected chi connectivity index (χ0v) is 12.6. The van der Waals surface area contributed by atoms with Gasteiger partial charge in [-0.3, -0.25) is 10.1 Å². The second kappa shape index (κ2) is 6.22. The molecule has 0 bridgehead atoms. The van der Waals surface area contributed by atoms with E-state index in [1.807, 2.05) is 0 Å². The predicted molar refractivity (Wildman–Crippen MR) is 79.2 cm³/mol. The number of carbonyl (C=O) groups is 1. The molecule has 0 spiro atoms. The number of urea groups is 1. The molecule has 0 unspecified atom stereocenters. The van der Waals surface area contributed by atoms with E-state index in [-0.39, 0.29) is 28.7 Å². The highest BCUT2D eigenvalue weighted by atomic mass is 16.6. The van der Waals surface area contributed by atoms with Gasteiger partial charge in [0.05, 0.1) is 19.1 Å². The molecule has 2 aromatic rings. The van der Waals surface area contributed by atoms with E-state index in [0.717, 1.165) is 11.0 Å². The standard InChI is InChI=1S/C13H14N4O6/c1-7-4-12(15-23-7)16(13(14)18)8-5-9(17(19)20)11(22-3)6-10(8)21-2/h4-6H,1-3H3,(H2,14,18). The van der Waals surface area contributed by atoms with Crippen LogP contribution in [0.1, 0.15) is 5.76 Å². The maximum atomic E-state index is 11.8. The van der Waals surface area contributed by atoms with E-state index in [9.17, 15) is 14.9 Å². The Bertz CT molecular complexity index is 757. The Morgan fingerprint density at radius 3 is 2.39 bits per heavy atom. The third kappa shape index (κ3) is 3.00. The summed E-state index contributed by atoms with van der Waals surface area (Å²) in [7, 11) is 2.63. The average Bonchev–Trinajstić information content (AvgIpc) is 2.92. The van der Waals surface area contributed by atoms with E-state index in [2.05, 4.69) is 5.16 Å². The normalized spacial score (nSPS) is 10.2. The van der Waals surface area contributed by atoms with Crippen molar-refractivity contribution < 1.29 is 23.7 Å². The van der Waals surface area contributed by atoms with Crippen LogP contribution in [0.4, 0.5) is 22.0 Å². The summed E-state index contributed by atoms with van der Waals surface area (Å²) in [5.74, 6) is 0.643.